The Hall–Kier alpha value is -1.84. The highest BCUT2D eigenvalue weighted by atomic mass is 19.1. The van der Waals surface area contributed by atoms with Gasteiger partial charge in [0.2, 0.25) is 0 Å². The van der Waals surface area contributed by atoms with E-state index in [4.69, 9.17) is 4.74 Å². The number of carbonyl (C=O) groups excluding carboxylic acids is 1. The summed E-state index contributed by atoms with van der Waals surface area (Å²) in [5.74, 6) is -0.368. The zero-order valence-corrected chi connectivity index (χ0v) is 13.1. The number of hydrogen-bond donors (Lipinski definition) is 0. The Bertz CT molecular complexity index is 578. The number of hydrogen-bond acceptors (Lipinski definition) is 3. The summed E-state index contributed by atoms with van der Waals surface area (Å²) in [6.07, 6.45) is 0.172. The van der Waals surface area contributed by atoms with Gasteiger partial charge in [0.25, 0.3) is 0 Å². The third-order valence-corrected chi connectivity index (χ3v) is 3.81. The molecule has 0 saturated carbocycles. The van der Waals surface area contributed by atoms with Crippen LogP contribution >= 0.6 is 0 Å². The van der Waals surface area contributed by atoms with E-state index in [9.17, 15) is 9.18 Å². The first kappa shape index (κ1) is 15.5. The number of rotatable bonds is 4. The molecule has 0 unspecified atom stereocenters. The number of ketones is 1. The van der Waals surface area contributed by atoms with Gasteiger partial charge in [0.15, 0.2) is 11.6 Å². The first-order valence-electron chi connectivity index (χ1n) is 7.39. The number of ether oxygens (including phenoxy) is 1. The van der Waals surface area contributed by atoms with Crippen LogP contribution in [0.5, 0.6) is 5.75 Å². The molecule has 114 valence electrons. The van der Waals surface area contributed by atoms with Gasteiger partial charge in [0, 0.05) is 12.5 Å². The van der Waals surface area contributed by atoms with E-state index in [1.165, 1.54) is 0 Å². The molecule has 0 bridgehead atoms. The highest BCUT2D eigenvalue weighted by Gasteiger charge is 2.21. The normalized spacial score (nSPS) is 15.4. The zero-order valence-electron chi connectivity index (χ0n) is 13.1. The largest absolute Gasteiger partial charge is 0.490 e. The molecule has 0 aliphatic carbocycles. The lowest BCUT2D eigenvalue weighted by atomic mass is 10.0. The van der Waals surface area contributed by atoms with Crippen LogP contribution < -0.4 is 9.64 Å². The minimum absolute atomic E-state index is 0.172. The molecule has 1 heterocycles. The van der Waals surface area contributed by atoms with Crippen LogP contribution in [-0.2, 0) is 4.79 Å². The quantitative estimate of drug-likeness (QED) is 0.786. The summed E-state index contributed by atoms with van der Waals surface area (Å²) in [7, 11) is 0. The van der Waals surface area contributed by atoms with Gasteiger partial charge in [0.1, 0.15) is 12.4 Å². The predicted octanol–water partition coefficient (Wildman–Crippen LogP) is 3.97. The second kappa shape index (κ2) is 6.29. The van der Waals surface area contributed by atoms with E-state index in [0.29, 0.717) is 23.8 Å². The average Bonchev–Trinajstić information content (AvgIpc) is 2.51. The molecule has 1 aromatic rings. The van der Waals surface area contributed by atoms with Crippen LogP contribution in [0.1, 0.15) is 39.7 Å². The van der Waals surface area contributed by atoms with Crippen LogP contribution in [-0.4, -0.2) is 25.0 Å². The van der Waals surface area contributed by atoms with Gasteiger partial charge < -0.3 is 9.64 Å². The van der Waals surface area contributed by atoms with Crippen molar-refractivity contribution in [1.29, 1.82) is 0 Å². The molecular formula is C17H22FNO2. The van der Waals surface area contributed by atoms with Crippen molar-refractivity contribution in [1.82, 2.24) is 0 Å². The summed E-state index contributed by atoms with van der Waals surface area (Å²) in [6.45, 7) is 9.02. The molecule has 2 rings (SSSR count). The fraction of sp³-hybridized carbons (Fsp3) is 0.471. The van der Waals surface area contributed by atoms with E-state index < -0.39 is 11.6 Å². The highest BCUT2D eigenvalue weighted by molar-refractivity contribution is 6.00. The average molecular weight is 291 g/mol. The van der Waals surface area contributed by atoms with Gasteiger partial charge in [-0.1, -0.05) is 13.0 Å². The maximum Gasteiger partial charge on any atom is 0.191 e. The minimum Gasteiger partial charge on any atom is -0.490 e. The van der Waals surface area contributed by atoms with Gasteiger partial charge in [0.05, 0.1) is 12.2 Å². The lowest BCUT2D eigenvalue weighted by molar-refractivity contribution is -0.116. The van der Waals surface area contributed by atoms with E-state index in [0.717, 1.165) is 18.0 Å². The Kier molecular flexibility index (Phi) is 4.66. The van der Waals surface area contributed by atoms with E-state index in [-0.39, 0.29) is 6.42 Å². The second-order valence-electron chi connectivity index (χ2n) is 5.53. The Morgan fingerprint density at radius 3 is 2.76 bits per heavy atom. The number of allylic oxidation sites excluding steroid dienone is 2. The van der Waals surface area contributed by atoms with Crippen molar-refractivity contribution >= 4 is 17.0 Å². The fourth-order valence-electron chi connectivity index (χ4n) is 2.50. The summed E-state index contributed by atoms with van der Waals surface area (Å²) in [5, 5.41) is 0. The Labute approximate surface area is 125 Å². The van der Waals surface area contributed by atoms with Gasteiger partial charge in [-0.05, 0) is 44.0 Å². The molecule has 1 aliphatic heterocycles. The summed E-state index contributed by atoms with van der Waals surface area (Å²) < 4.78 is 19.7. The van der Waals surface area contributed by atoms with Gasteiger partial charge >= 0.3 is 0 Å². The smallest absolute Gasteiger partial charge is 0.191 e. The predicted molar refractivity (Wildman–Crippen MR) is 83.4 cm³/mol. The zero-order chi connectivity index (χ0) is 15.6. The summed E-state index contributed by atoms with van der Waals surface area (Å²) >= 11 is 0. The van der Waals surface area contributed by atoms with Crippen LogP contribution in [0.15, 0.2) is 24.0 Å². The molecule has 0 fully saturated rings. The fourth-order valence-corrected chi connectivity index (χ4v) is 2.50. The van der Waals surface area contributed by atoms with Gasteiger partial charge in [-0.2, -0.15) is 0 Å². The molecule has 3 nitrogen and oxygen atoms in total. The number of benzene rings is 1. The Balaban J connectivity index is 2.40. The van der Waals surface area contributed by atoms with E-state index in [1.54, 1.807) is 13.8 Å². The maximum atomic E-state index is 14.0. The topological polar surface area (TPSA) is 29.5 Å². The lowest BCUT2D eigenvalue weighted by Crippen LogP contribution is -2.37. The Morgan fingerprint density at radius 1 is 1.43 bits per heavy atom. The van der Waals surface area contributed by atoms with Crippen LogP contribution in [0.3, 0.4) is 0 Å². The molecule has 0 saturated heterocycles. The van der Waals surface area contributed by atoms with E-state index >= 15 is 0 Å². The minimum atomic E-state index is -0.658. The van der Waals surface area contributed by atoms with E-state index in [1.807, 2.05) is 18.2 Å². The molecule has 0 aromatic heterocycles. The molecule has 0 spiro atoms. The molecule has 0 radical (unpaired) electrons. The van der Waals surface area contributed by atoms with Crippen LogP contribution in [0, 0.1) is 0 Å². The van der Waals surface area contributed by atoms with Gasteiger partial charge in [-0.25, -0.2) is 4.39 Å². The third-order valence-electron chi connectivity index (χ3n) is 3.81. The van der Waals surface area contributed by atoms with Crippen molar-refractivity contribution in [2.24, 2.45) is 0 Å². The number of nitrogens with zero attached hydrogens (tertiary/aromatic N) is 1. The molecule has 4 heteroatoms. The number of fused-ring (bicyclic) bond motifs is 1. The summed E-state index contributed by atoms with van der Waals surface area (Å²) in [5.41, 5.74) is 2.09. The molecule has 0 N–H and O–H groups in total. The molecule has 21 heavy (non-hydrogen) atoms. The first-order valence-corrected chi connectivity index (χ1v) is 7.39. The molecule has 0 atom stereocenters. The molecule has 1 aromatic carbocycles. The third kappa shape index (κ3) is 3.09. The summed E-state index contributed by atoms with van der Waals surface area (Å²) in [6, 6.07) is 5.99. The van der Waals surface area contributed by atoms with Crippen molar-refractivity contribution in [3.63, 3.8) is 0 Å². The van der Waals surface area contributed by atoms with E-state index in [2.05, 4.69) is 18.7 Å². The van der Waals surface area contributed by atoms with Crippen LogP contribution in [0.2, 0.25) is 0 Å². The van der Waals surface area contributed by atoms with Gasteiger partial charge in [-0.3, -0.25) is 4.79 Å². The molecule has 0 amide bonds. The van der Waals surface area contributed by atoms with Crippen molar-refractivity contribution in [3.05, 3.63) is 29.6 Å². The summed E-state index contributed by atoms with van der Waals surface area (Å²) in [4.78, 5) is 13.7. The van der Waals surface area contributed by atoms with Crippen molar-refractivity contribution in [3.8, 4) is 5.75 Å². The first-order chi connectivity index (χ1) is 9.95. The number of Topliss-reactive ketones (excluding diaryl/α,β-unsaturated/α-hetero) is 1. The second-order valence-corrected chi connectivity index (χ2v) is 5.53. The van der Waals surface area contributed by atoms with Crippen molar-refractivity contribution in [2.45, 2.75) is 40.2 Å². The maximum absolute atomic E-state index is 14.0. The standard InChI is InChI=1S/C17H22FNO2/c1-5-15(20)17(18)12(4)13-6-7-14-16(10-13)21-9-8-19(14)11(2)3/h6-7,10-11H,5,8-9H2,1-4H3/b17-12+. The van der Waals surface area contributed by atoms with Crippen LogP contribution in [0.4, 0.5) is 10.1 Å². The SMILES string of the molecule is CCC(=O)/C(F)=C(/C)c1ccc2c(c1)OCCN2C(C)C. The molecular weight excluding hydrogens is 269 g/mol. The number of anilines is 1. The number of carbonyl (C=O) groups is 1. The highest BCUT2D eigenvalue weighted by Crippen LogP contribution is 2.36. The van der Waals surface area contributed by atoms with Gasteiger partial charge in [-0.15, -0.1) is 0 Å². The van der Waals surface area contributed by atoms with Crippen molar-refractivity contribution < 1.29 is 13.9 Å². The Morgan fingerprint density at radius 2 is 2.14 bits per heavy atom. The monoisotopic (exact) mass is 291 g/mol. The van der Waals surface area contributed by atoms with Crippen molar-refractivity contribution in [2.75, 3.05) is 18.1 Å². The number of halogens is 1. The van der Waals surface area contributed by atoms with Crippen LogP contribution in [0.25, 0.3) is 5.57 Å². The molecule has 1 aliphatic rings. The lowest BCUT2D eigenvalue weighted by Gasteiger charge is -2.34.